The molecule has 0 atom stereocenters. The molecule has 4 bridgehead atoms. The van der Waals surface area contributed by atoms with Gasteiger partial charge < -0.3 is 10.6 Å². The third-order valence-electron chi connectivity index (χ3n) is 6.81. The molecule has 0 unspecified atom stereocenters. The zero-order chi connectivity index (χ0) is 20.7. The van der Waals surface area contributed by atoms with Crippen molar-refractivity contribution in [2.75, 3.05) is 5.32 Å². The van der Waals surface area contributed by atoms with Crippen molar-refractivity contribution in [2.24, 2.45) is 17.8 Å². The number of nitrogens with one attached hydrogen (secondary N) is 2. The average Bonchev–Trinajstić information content (AvgIpc) is 2.68. The highest BCUT2D eigenvalue weighted by Crippen LogP contribution is 2.55. The number of non-ortho nitro benzene ring substituents is 1. The van der Waals surface area contributed by atoms with Gasteiger partial charge in [0.2, 0.25) is 0 Å². The monoisotopic (exact) mass is 423 g/mol. The smallest absolute Gasteiger partial charge is 0.319 e. The van der Waals surface area contributed by atoms with Crippen LogP contribution in [0.4, 0.5) is 16.2 Å². The van der Waals surface area contributed by atoms with Crippen LogP contribution in [0.15, 0.2) is 58.3 Å². The Morgan fingerprint density at radius 1 is 0.900 bits per heavy atom. The minimum atomic E-state index is -0.399. The summed E-state index contributed by atoms with van der Waals surface area (Å²) < 4.78 is 0. The Bertz CT molecular complexity index is 923. The molecule has 6 rings (SSSR count). The molecule has 0 aliphatic heterocycles. The molecule has 0 spiro atoms. The molecule has 2 N–H and O–H groups in total. The van der Waals surface area contributed by atoms with Gasteiger partial charge in [-0.1, -0.05) is 11.8 Å². The van der Waals surface area contributed by atoms with E-state index in [9.17, 15) is 14.9 Å². The van der Waals surface area contributed by atoms with E-state index in [0.29, 0.717) is 0 Å². The second-order valence-electron chi connectivity index (χ2n) is 9.15. The molecule has 0 heterocycles. The first-order chi connectivity index (χ1) is 14.5. The number of nitro benzene ring substituents is 1. The second kappa shape index (κ2) is 7.61. The SMILES string of the molecule is O=C(Nc1ccc(Sc2ccc([N+](=O)[O-])cc2)cc1)NC12CC3CC(CC(C3)C1)C2. The van der Waals surface area contributed by atoms with E-state index in [-0.39, 0.29) is 17.3 Å². The molecule has 2 aromatic rings. The predicted octanol–water partition coefficient (Wildman–Crippen LogP) is 5.84. The van der Waals surface area contributed by atoms with Crippen LogP contribution in [0.1, 0.15) is 38.5 Å². The fourth-order valence-electron chi connectivity index (χ4n) is 6.05. The van der Waals surface area contributed by atoms with E-state index in [0.717, 1.165) is 52.5 Å². The summed E-state index contributed by atoms with van der Waals surface area (Å²) in [4.78, 5) is 25.0. The molecule has 4 fully saturated rings. The van der Waals surface area contributed by atoms with E-state index in [1.54, 1.807) is 12.1 Å². The van der Waals surface area contributed by atoms with Crippen molar-refractivity contribution in [3.05, 3.63) is 58.6 Å². The largest absolute Gasteiger partial charge is 0.332 e. The van der Waals surface area contributed by atoms with Crippen molar-refractivity contribution in [1.29, 1.82) is 0 Å². The lowest BCUT2D eigenvalue weighted by Gasteiger charge is -2.56. The molecule has 2 aromatic carbocycles. The molecule has 156 valence electrons. The summed E-state index contributed by atoms with van der Waals surface area (Å²) in [5.41, 5.74) is 0.860. The first-order valence-corrected chi connectivity index (χ1v) is 11.4. The van der Waals surface area contributed by atoms with Crippen LogP contribution in [0.3, 0.4) is 0 Å². The van der Waals surface area contributed by atoms with Gasteiger partial charge in [0.25, 0.3) is 5.69 Å². The Hall–Kier alpha value is -2.54. The fraction of sp³-hybridized carbons (Fsp3) is 0.435. The van der Waals surface area contributed by atoms with Gasteiger partial charge in [0.1, 0.15) is 0 Å². The standard InChI is InChI=1S/C23H25N3O3S/c27-22(25-23-12-15-9-16(13-23)11-17(10-15)14-23)24-18-1-5-20(6-2-18)30-21-7-3-19(4-8-21)26(28)29/h1-8,15-17H,9-14H2,(H2,24,25,27). The number of carbonyl (C=O) groups excluding carboxylic acids is 1. The number of urea groups is 1. The molecule has 4 aliphatic rings. The Labute approximate surface area is 180 Å². The zero-order valence-electron chi connectivity index (χ0n) is 16.7. The fourth-order valence-corrected chi connectivity index (χ4v) is 6.86. The number of amides is 2. The van der Waals surface area contributed by atoms with Crippen molar-refractivity contribution in [3.63, 3.8) is 0 Å². The highest BCUT2D eigenvalue weighted by atomic mass is 32.2. The normalized spacial score (nSPS) is 28.9. The molecule has 0 saturated heterocycles. The van der Waals surface area contributed by atoms with E-state index in [1.807, 2.05) is 24.3 Å². The Kier molecular flexibility index (Phi) is 4.93. The minimum absolute atomic E-state index is 0.00451. The average molecular weight is 424 g/mol. The van der Waals surface area contributed by atoms with E-state index < -0.39 is 4.92 Å². The number of nitrogens with zero attached hydrogens (tertiary/aromatic N) is 1. The van der Waals surface area contributed by atoms with Crippen LogP contribution in [0.2, 0.25) is 0 Å². The van der Waals surface area contributed by atoms with E-state index in [4.69, 9.17) is 0 Å². The van der Waals surface area contributed by atoms with Gasteiger partial charge in [0.05, 0.1) is 4.92 Å². The van der Waals surface area contributed by atoms with Crippen molar-refractivity contribution < 1.29 is 9.72 Å². The van der Waals surface area contributed by atoms with Gasteiger partial charge in [-0.25, -0.2) is 4.79 Å². The summed E-state index contributed by atoms with van der Waals surface area (Å²) in [6.07, 6.45) is 7.48. The number of carbonyl (C=O) groups is 1. The van der Waals surface area contributed by atoms with Crippen LogP contribution in [-0.2, 0) is 0 Å². The van der Waals surface area contributed by atoms with Crippen LogP contribution in [0.25, 0.3) is 0 Å². The number of hydrogen-bond donors (Lipinski definition) is 2. The molecule has 4 saturated carbocycles. The molecule has 4 aliphatic carbocycles. The Morgan fingerprint density at radius 2 is 1.40 bits per heavy atom. The first kappa shape index (κ1) is 19.4. The van der Waals surface area contributed by atoms with Crippen molar-refractivity contribution in [2.45, 2.75) is 53.9 Å². The lowest BCUT2D eigenvalue weighted by Crippen LogP contribution is -2.60. The summed E-state index contributed by atoms with van der Waals surface area (Å²) in [7, 11) is 0. The van der Waals surface area contributed by atoms with Crippen molar-refractivity contribution >= 4 is 29.2 Å². The van der Waals surface area contributed by atoms with Gasteiger partial charge in [0.15, 0.2) is 0 Å². The highest BCUT2D eigenvalue weighted by Gasteiger charge is 2.51. The summed E-state index contributed by atoms with van der Waals surface area (Å²) >= 11 is 1.53. The maximum Gasteiger partial charge on any atom is 0.319 e. The molecule has 2 amide bonds. The van der Waals surface area contributed by atoms with Crippen LogP contribution < -0.4 is 10.6 Å². The van der Waals surface area contributed by atoms with Gasteiger partial charge in [-0.2, -0.15) is 0 Å². The molecule has 7 heteroatoms. The van der Waals surface area contributed by atoms with E-state index in [1.165, 1.54) is 43.2 Å². The van der Waals surface area contributed by atoms with E-state index in [2.05, 4.69) is 10.6 Å². The molecule has 0 radical (unpaired) electrons. The zero-order valence-corrected chi connectivity index (χ0v) is 17.5. The van der Waals surface area contributed by atoms with E-state index >= 15 is 0 Å². The first-order valence-electron chi connectivity index (χ1n) is 10.6. The van der Waals surface area contributed by atoms with Crippen molar-refractivity contribution in [3.8, 4) is 0 Å². The van der Waals surface area contributed by atoms with Gasteiger partial charge in [-0.05, 0) is 92.7 Å². The van der Waals surface area contributed by atoms with Gasteiger partial charge in [0, 0.05) is 33.2 Å². The van der Waals surface area contributed by atoms with Crippen LogP contribution in [0.5, 0.6) is 0 Å². The number of benzene rings is 2. The lowest BCUT2D eigenvalue weighted by atomic mass is 9.53. The molecule has 0 aromatic heterocycles. The summed E-state index contributed by atoms with van der Waals surface area (Å²) in [5.74, 6) is 2.40. The topological polar surface area (TPSA) is 84.3 Å². The quantitative estimate of drug-likeness (QED) is 0.468. The summed E-state index contributed by atoms with van der Waals surface area (Å²) in [6.45, 7) is 0. The Balaban J connectivity index is 1.18. The van der Waals surface area contributed by atoms with Crippen LogP contribution in [-0.4, -0.2) is 16.5 Å². The second-order valence-corrected chi connectivity index (χ2v) is 10.3. The van der Waals surface area contributed by atoms with Crippen LogP contribution in [0, 0.1) is 27.9 Å². The molecule has 30 heavy (non-hydrogen) atoms. The Morgan fingerprint density at radius 3 is 1.90 bits per heavy atom. The van der Waals surface area contributed by atoms with Crippen molar-refractivity contribution in [1.82, 2.24) is 5.32 Å². The van der Waals surface area contributed by atoms with Gasteiger partial charge in [-0.3, -0.25) is 10.1 Å². The molecular formula is C23H25N3O3S. The molecule has 6 nitrogen and oxygen atoms in total. The molecular weight excluding hydrogens is 398 g/mol. The third kappa shape index (κ3) is 4.03. The predicted molar refractivity (Wildman–Crippen MR) is 117 cm³/mol. The summed E-state index contributed by atoms with van der Waals surface area (Å²) in [6, 6.07) is 14.1. The number of anilines is 1. The highest BCUT2D eigenvalue weighted by molar-refractivity contribution is 7.99. The maximum absolute atomic E-state index is 12.7. The number of hydrogen-bond acceptors (Lipinski definition) is 4. The van der Waals surface area contributed by atoms with Crippen LogP contribution >= 0.6 is 11.8 Å². The summed E-state index contributed by atoms with van der Waals surface area (Å²) in [5, 5.41) is 17.1. The number of nitro groups is 1. The minimum Gasteiger partial charge on any atom is -0.332 e. The number of rotatable bonds is 5. The third-order valence-corrected chi connectivity index (χ3v) is 7.83. The van der Waals surface area contributed by atoms with Gasteiger partial charge >= 0.3 is 6.03 Å². The van der Waals surface area contributed by atoms with Gasteiger partial charge in [-0.15, -0.1) is 0 Å². The lowest BCUT2D eigenvalue weighted by molar-refractivity contribution is -0.384. The maximum atomic E-state index is 12.7.